The van der Waals surface area contributed by atoms with Gasteiger partial charge in [-0.3, -0.25) is 24.5 Å². The lowest BCUT2D eigenvalue weighted by Gasteiger charge is -2.35. The quantitative estimate of drug-likeness (QED) is 0.231. The number of hydrazine groups is 1. The summed E-state index contributed by atoms with van der Waals surface area (Å²) in [4.78, 5) is 65.6. The summed E-state index contributed by atoms with van der Waals surface area (Å²) in [6.45, 7) is 8.00. The molecule has 3 rings (SSSR count). The molecule has 41 heavy (non-hydrogen) atoms. The van der Waals surface area contributed by atoms with E-state index in [1.165, 1.54) is 25.1 Å². The maximum atomic E-state index is 13.7. The number of likely N-dealkylation sites (tertiary alicyclic amines) is 1. The minimum absolute atomic E-state index is 0.00565. The molecule has 12 nitrogen and oxygen atoms in total. The first-order chi connectivity index (χ1) is 19.5. The molecule has 1 aromatic carbocycles. The predicted molar refractivity (Wildman–Crippen MR) is 152 cm³/mol. The summed E-state index contributed by atoms with van der Waals surface area (Å²) < 4.78 is 5.12. The van der Waals surface area contributed by atoms with Gasteiger partial charge in [0, 0.05) is 30.8 Å². The number of carbonyl (C=O) groups is 5. The number of anilines is 1. The number of carbonyl (C=O) groups excluding carboxylic acids is 4. The molecule has 0 aliphatic carbocycles. The lowest BCUT2D eigenvalue weighted by Crippen LogP contribution is -2.56. The van der Waals surface area contributed by atoms with E-state index < -0.39 is 35.8 Å². The Labute approximate surface area is 241 Å². The van der Waals surface area contributed by atoms with Crippen LogP contribution in [0, 0.1) is 17.8 Å². The number of rotatable bonds is 11. The van der Waals surface area contributed by atoms with Crippen molar-refractivity contribution in [1.29, 1.82) is 0 Å². The van der Waals surface area contributed by atoms with Crippen molar-refractivity contribution in [2.45, 2.75) is 65.3 Å². The zero-order valence-corrected chi connectivity index (χ0v) is 24.2. The second-order valence-corrected chi connectivity index (χ2v) is 11.3. The molecule has 2 aliphatic rings. The molecule has 0 aromatic heterocycles. The fraction of sp³-hybridized carbons (Fsp3) is 0.621. The van der Waals surface area contributed by atoms with Crippen LogP contribution in [0.25, 0.3) is 0 Å². The van der Waals surface area contributed by atoms with E-state index in [-0.39, 0.29) is 36.2 Å². The average Bonchev–Trinajstić information content (AvgIpc) is 2.97. The largest absolute Gasteiger partial charge is 0.480 e. The topological polar surface area (TPSA) is 157 Å². The molecule has 2 saturated heterocycles. The average molecular weight is 574 g/mol. The monoisotopic (exact) mass is 573 g/mol. The zero-order valence-electron chi connectivity index (χ0n) is 24.2. The van der Waals surface area contributed by atoms with Gasteiger partial charge in [-0.15, -0.1) is 0 Å². The van der Waals surface area contributed by atoms with Crippen LogP contribution in [0.2, 0.25) is 0 Å². The molecule has 12 heteroatoms. The Hall–Kier alpha value is -3.51. The van der Waals surface area contributed by atoms with Crippen LogP contribution in [0.5, 0.6) is 0 Å². The van der Waals surface area contributed by atoms with Gasteiger partial charge in [0.2, 0.25) is 11.8 Å². The van der Waals surface area contributed by atoms with Crippen molar-refractivity contribution >= 4 is 35.5 Å². The number of imide groups is 1. The van der Waals surface area contributed by atoms with Gasteiger partial charge in [0.05, 0.1) is 12.5 Å². The first-order valence-corrected chi connectivity index (χ1v) is 14.4. The third kappa shape index (κ3) is 9.82. The van der Waals surface area contributed by atoms with E-state index >= 15 is 0 Å². The van der Waals surface area contributed by atoms with Crippen molar-refractivity contribution < 1.29 is 33.8 Å². The van der Waals surface area contributed by atoms with E-state index in [9.17, 15) is 29.1 Å². The molecule has 0 spiro atoms. The van der Waals surface area contributed by atoms with Crippen molar-refractivity contribution in [3.8, 4) is 0 Å². The summed E-state index contributed by atoms with van der Waals surface area (Å²) in [5.74, 6) is -2.62. The van der Waals surface area contributed by atoms with Gasteiger partial charge in [0.25, 0.3) is 5.91 Å². The fourth-order valence-corrected chi connectivity index (χ4v) is 4.97. The zero-order chi connectivity index (χ0) is 29.9. The smallest absolute Gasteiger partial charge is 0.411 e. The standard InChI is InChI=1S/C29H43N5O7/c1-19(2)18-41-29(40)31-24-8-4-6-22(16-24)26(36)34(32-20(3)28(38)39)27(37)23-7-5-15-33(17-23)25(35)10-9-21-11-13-30-14-12-21/h4,6,8,16,19-21,23,30,32H,5,7,9-15,17-18H2,1-3H3,(H,31,40)(H,38,39)/t20-,23+/m0/s1. The van der Waals surface area contributed by atoms with Crippen molar-refractivity contribution in [2.24, 2.45) is 17.8 Å². The van der Waals surface area contributed by atoms with Gasteiger partial charge in [-0.05, 0) is 82.2 Å². The van der Waals surface area contributed by atoms with Crippen molar-refractivity contribution in [1.82, 2.24) is 20.7 Å². The minimum Gasteiger partial charge on any atom is -0.480 e. The minimum atomic E-state index is -1.24. The molecule has 0 saturated carbocycles. The number of benzene rings is 1. The van der Waals surface area contributed by atoms with Gasteiger partial charge in [-0.2, -0.15) is 0 Å². The Morgan fingerprint density at radius 2 is 1.85 bits per heavy atom. The Balaban J connectivity index is 1.70. The first kappa shape index (κ1) is 32.0. The van der Waals surface area contributed by atoms with Crippen LogP contribution < -0.4 is 16.1 Å². The Kier molecular flexibility index (Phi) is 12.1. The van der Waals surface area contributed by atoms with Crippen LogP contribution in [-0.2, 0) is 19.1 Å². The molecule has 0 radical (unpaired) electrons. The van der Waals surface area contributed by atoms with E-state index in [4.69, 9.17) is 4.74 Å². The molecule has 2 aliphatic heterocycles. The third-order valence-corrected chi connectivity index (χ3v) is 7.37. The van der Waals surface area contributed by atoms with E-state index in [1.54, 1.807) is 11.0 Å². The molecule has 0 bridgehead atoms. The SMILES string of the molecule is CC(C)COC(=O)Nc1cccc(C(=O)N(N[C@@H](C)C(=O)O)C(=O)[C@@H]2CCCN(C(=O)CCC3CCNCC3)C2)c1. The summed E-state index contributed by atoms with van der Waals surface area (Å²) in [5, 5.41) is 16.1. The molecule has 1 aromatic rings. The normalized spacial score (nSPS) is 18.4. The van der Waals surface area contributed by atoms with Gasteiger partial charge >= 0.3 is 12.1 Å². The summed E-state index contributed by atoms with van der Waals surface area (Å²) in [6.07, 6.45) is 3.72. The number of nitrogens with zero attached hydrogens (tertiary/aromatic N) is 2. The maximum absolute atomic E-state index is 13.7. The lowest BCUT2D eigenvalue weighted by molar-refractivity contribution is -0.144. The summed E-state index contributed by atoms with van der Waals surface area (Å²) in [7, 11) is 0. The van der Waals surface area contributed by atoms with Crippen molar-refractivity contribution in [3.63, 3.8) is 0 Å². The predicted octanol–water partition coefficient (Wildman–Crippen LogP) is 2.86. The number of nitrogens with one attached hydrogen (secondary N) is 3. The van der Waals surface area contributed by atoms with Crippen molar-refractivity contribution in [3.05, 3.63) is 29.8 Å². The van der Waals surface area contributed by atoms with E-state index in [1.807, 2.05) is 13.8 Å². The van der Waals surface area contributed by atoms with Gasteiger partial charge < -0.3 is 20.1 Å². The number of carboxylic acids is 1. The van der Waals surface area contributed by atoms with E-state index in [0.717, 1.165) is 37.4 Å². The van der Waals surface area contributed by atoms with Crippen molar-refractivity contribution in [2.75, 3.05) is 38.1 Å². The van der Waals surface area contributed by atoms with Crippen LogP contribution in [0.4, 0.5) is 10.5 Å². The summed E-state index contributed by atoms with van der Waals surface area (Å²) in [5.41, 5.74) is 2.88. The van der Waals surface area contributed by atoms with Gasteiger partial charge in [-0.25, -0.2) is 15.2 Å². The fourth-order valence-electron chi connectivity index (χ4n) is 4.97. The molecule has 226 valence electrons. The first-order valence-electron chi connectivity index (χ1n) is 14.4. The number of carboxylic acid groups (broad SMARTS) is 1. The highest BCUT2D eigenvalue weighted by Gasteiger charge is 2.36. The summed E-state index contributed by atoms with van der Waals surface area (Å²) in [6, 6.07) is 4.74. The molecule has 4 amide bonds. The number of hydrogen-bond donors (Lipinski definition) is 4. The number of hydrogen-bond acceptors (Lipinski definition) is 8. The van der Waals surface area contributed by atoms with Crippen LogP contribution in [0.3, 0.4) is 0 Å². The molecular weight excluding hydrogens is 530 g/mol. The Morgan fingerprint density at radius 1 is 1.12 bits per heavy atom. The highest BCUT2D eigenvalue weighted by Crippen LogP contribution is 2.23. The van der Waals surface area contributed by atoms with Gasteiger partial charge in [0.1, 0.15) is 6.04 Å². The highest BCUT2D eigenvalue weighted by molar-refractivity contribution is 6.06. The van der Waals surface area contributed by atoms with Crippen LogP contribution in [0.1, 0.15) is 69.7 Å². The lowest BCUT2D eigenvalue weighted by atomic mass is 9.92. The number of amides is 4. The van der Waals surface area contributed by atoms with Crippen LogP contribution in [0.15, 0.2) is 24.3 Å². The Morgan fingerprint density at radius 3 is 2.54 bits per heavy atom. The number of ether oxygens (including phenoxy) is 1. The number of piperidine rings is 2. The number of aliphatic carboxylic acids is 1. The molecule has 4 N–H and O–H groups in total. The van der Waals surface area contributed by atoms with Crippen LogP contribution >= 0.6 is 0 Å². The van der Waals surface area contributed by atoms with Crippen LogP contribution in [-0.4, -0.2) is 83.6 Å². The van der Waals surface area contributed by atoms with Gasteiger partial charge in [0.15, 0.2) is 0 Å². The second-order valence-electron chi connectivity index (χ2n) is 11.3. The molecular formula is C29H43N5O7. The Bertz CT molecular complexity index is 1090. The third-order valence-electron chi connectivity index (χ3n) is 7.37. The molecule has 2 atom stereocenters. The second kappa shape index (κ2) is 15.5. The summed E-state index contributed by atoms with van der Waals surface area (Å²) >= 11 is 0. The highest BCUT2D eigenvalue weighted by atomic mass is 16.5. The van der Waals surface area contributed by atoms with E-state index in [0.29, 0.717) is 31.7 Å². The van der Waals surface area contributed by atoms with Gasteiger partial charge in [-0.1, -0.05) is 19.9 Å². The molecule has 2 heterocycles. The molecule has 0 unspecified atom stereocenters. The van der Waals surface area contributed by atoms with E-state index in [2.05, 4.69) is 16.1 Å². The molecule has 2 fully saturated rings. The maximum Gasteiger partial charge on any atom is 0.411 e.